The maximum absolute atomic E-state index is 14.2. The van der Waals surface area contributed by atoms with Crippen LogP contribution in [0.25, 0.3) is 0 Å². The van der Waals surface area contributed by atoms with Crippen LogP contribution in [0.4, 0.5) is 23.2 Å². The van der Waals surface area contributed by atoms with Crippen LogP contribution in [-0.4, -0.2) is 38.6 Å². The van der Waals surface area contributed by atoms with E-state index in [-0.39, 0.29) is 18.4 Å². The van der Waals surface area contributed by atoms with Gasteiger partial charge in [0.15, 0.2) is 0 Å². The molecular formula is C26H31F4N3O3. The van der Waals surface area contributed by atoms with Gasteiger partial charge in [-0.2, -0.15) is 13.2 Å². The third-order valence-corrected chi connectivity index (χ3v) is 6.42. The maximum atomic E-state index is 14.2. The third-order valence-electron chi connectivity index (χ3n) is 6.42. The van der Waals surface area contributed by atoms with Crippen molar-refractivity contribution in [2.75, 3.05) is 32.1 Å². The van der Waals surface area contributed by atoms with Gasteiger partial charge in [-0.25, -0.2) is 4.39 Å². The lowest BCUT2D eigenvalue weighted by molar-refractivity contribution is -0.137. The Morgan fingerprint density at radius 1 is 1.00 bits per heavy atom. The molecule has 196 valence electrons. The average Bonchev–Trinajstić information content (AvgIpc) is 2.87. The highest BCUT2D eigenvalue weighted by molar-refractivity contribution is 5.94. The summed E-state index contributed by atoms with van der Waals surface area (Å²) in [5.41, 5.74) is -0.784. The van der Waals surface area contributed by atoms with Crippen molar-refractivity contribution in [3.63, 3.8) is 0 Å². The topological polar surface area (TPSA) is 79.5 Å². The quantitative estimate of drug-likeness (QED) is 0.311. The molecule has 3 N–H and O–H groups in total. The Bertz CT molecular complexity index is 1020. The van der Waals surface area contributed by atoms with E-state index >= 15 is 0 Å². The van der Waals surface area contributed by atoms with Crippen LogP contribution in [0.1, 0.15) is 48.0 Å². The number of hydrogen-bond donors (Lipinski definition) is 3. The number of carbonyl (C=O) groups excluding carboxylic acids is 2. The number of amides is 2. The highest BCUT2D eigenvalue weighted by Crippen LogP contribution is 2.31. The smallest absolute Gasteiger partial charge is 0.416 e. The van der Waals surface area contributed by atoms with Crippen molar-refractivity contribution in [2.24, 2.45) is 11.8 Å². The lowest BCUT2D eigenvalue weighted by Gasteiger charge is -2.29. The fourth-order valence-electron chi connectivity index (χ4n) is 4.42. The Morgan fingerprint density at radius 2 is 1.69 bits per heavy atom. The molecule has 2 aromatic carbocycles. The maximum Gasteiger partial charge on any atom is 0.416 e. The van der Waals surface area contributed by atoms with Gasteiger partial charge in [0, 0.05) is 25.3 Å². The standard InChI is InChI=1S/C26H31F4N3O3/c1-36-20-10-8-19(9-11-20)31-13-14-32-25(35)22(17-5-3-2-4-6-17)16-33-24(34)21-12-7-18(15-23(21)27)26(28,29)30/h7-12,15,17,22,31H,2-6,13-14,16H2,1H3,(H,32,35)(H,33,34). The van der Waals surface area contributed by atoms with E-state index in [2.05, 4.69) is 16.0 Å². The Labute approximate surface area is 207 Å². The van der Waals surface area contributed by atoms with Gasteiger partial charge >= 0.3 is 6.18 Å². The van der Waals surface area contributed by atoms with Crippen LogP contribution in [0, 0.1) is 17.7 Å². The van der Waals surface area contributed by atoms with Gasteiger partial charge in [-0.15, -0.1) is 0 Å². The second kappa shape index (κ2) is 12.6. The molecule has 0 heterocycles. The van der Waals surface area contributed by atoms with Crippen LogP contribution >= 0.6 is 0 Å². The van der Waals surface area contributed by atoms with Crippen molar-refractivity contribution in [3.8, 4) is 5.75 Å². The molecule has 0 saturated heterocycles. The summed E-state index contributed by atoms with van der Waals surface area (Å²) in [6.07, 6.45) is 0.0191. The minimum atomic E-state index is -4.71. The summed E-state index contributed by atoms with van der Waals surface area (Å²) in [5, 5.41) is 8.65. The summed E-state index contributed by atoms with van der Waals surface area (Å²) in [6.45, 7) is 0.815. The molecule has 1 atom stereocenters. The Kier molecular flexibility index (Phi) is 9.55. The number of alkyl halides is 3. The van der Waals surface area contributed by atoms with E-state index in [0.29, 0.717) is 25.2 Å². The van der Waals surface area contributed by atoms with E-state index in [9.17, 15) is 27.2 Å². The Balaban J connectivity index is 1.56. The van der Waals surface area contributed by atoms with Crippen molar-refractivity contribution in [1.82, 2.24) is 10.6 Å². The zero-order chi connectivity index (χ0) is 26.1. The zero-order valence-corrected chi connectivity index (χ0v) is 20.1. The Hall–Kier alpha value is -3.30. The van der Waals surface area contributed by atoms with E-state index in [1.807, 2.05) is 24.3 Å². The molecule has 1 fully saturated rings. The van der Waals surface area contributed by atoms with Crippen LogP contribution < -0.4 is 20.7 Å². The lowest BCUT2D eigenvalue weighted by atomic mass is 9.79. The molecule has 10 heteroatoms. The van der Waals surface area contributed by atoms with Gasteiger partial charge < -0.3 is 20.7 Å². The highest BCUT2D eigenvalue weighted by atomic mass is 19.4. The van der Waals surface area contributed by atoms with Gasteiger partial charge in [-0.1, -0.05) is 19.3 Å². The molecular weight excluding hydrogens is 478 g/mol. The molecule has 0 bridgehead atoms. The van der Waals surface area contributed by atoms with Crippen molar-refractivity contribution in [3.05, 3.63) is 59.4 Å². The first-order chi connectivity index (χ1) is 17.2. The summed E-state index contributed by atoms with van der Waals surface area (Å²) < 4.78 is 57.7. The number of ether oxygens (including phenoxy) is 1. The molecule has 3 rings (SSSR count). The summed E-state index contributed by atoms with van der Waals surface area (Å²) in [5.74, 6) is -2.05. The van der Waals surface area contributed by atoms with Gasteiger partial charge in [0.05, 0.1) is 24.2 Å². The molecule has 1 aliphatic rings. The first-order valence-electron chi connectivity index (χ1n) is 12.0. The van der Waals surface area contributed by atoms with Crippen molar-refractivity contribution in [1.29, 1.82) is 0 Å². The highest BCUT2D eigenvalue weighted by Gasteiger charge is 2.33. The van der Waals surface area contributed by atoms with Crippen LogP contribution in [0.3, 0.4) is 0 Å². The summed E-state index contributed by atoms with van der Waals surface area (Å²) in [4.78, 5) is 25.5. The number of anilines is 1. The van der Waals surface area contributed by atoms with E-state index < -0.39 is 34.9 Å². The Morgan fingerprint density at radius 3 is 2.31 bits per heavy atom. The van der Waals surface area contributed by atoms with Crippen LogP contribution in [-0.2, 0) is 11.0 Å². The molecule has 1 unspecified atom stereocenters. The zero-order valence-electron chi connectivity index (χ0n) is 20.1. The number of rotatable bonds is 10. The first kappa shape index (κ1) is 27.3. The number of nitrogens with one attached hydrogen (secondary N) is 3. The minimum absolute atomic E-state index is 0.0261. The number of benzene rings is 2. The van der Waals surface area contributed by atoms with Gasteiger partial charge in [0.25, 0.3) is 5.91 Å². The summed E-state index contributed by atoms with van der Waals surface area (Å²) >= 11 is 0. The monoisotopic (exact) mass is 509 g/mol. The molecule has 2 aromatic rings. The number of halogens is 4. The predicted molar refractivity (Wildman–Crippen MR) is 128 cm³/mol. The van der Waals surface area contributed by atoms with Gasteiger partial charge in [0.1, 0.15) is 11.6 Å². The van der Waals surface area contributed by atoms with Gasteiger partial charge in [0.2, 0.25) is 5.91 Å². The normalized spacial score (nSPS) is 15.1. The molecule has 0 spiro atoms. The number of hydrogen-bond acceptors (Lipinski definition) is 4. The second-order valence-electron chi connectivity index (χ2n) is 8.85. The second-order valence-corrected chi connectivity index (χ2v) is 8.85. The van der Waals surface area contributed by atoms with Gasteiger partial charge in [-0.3, -0.25) is 9.59 Å². The lowest BCUT2D eigenvalue weighted by Crippen LogP contribution is -2.44. The van der Waals surface area contributed by atoms with E-state index in [1.54, 1.807) is 7.11 Å². The molecule has 6 nitrogen and oxygen atoms in total. The van der Waals surface area contributed by atoms with E-state index in [0.717, 1.165) is 49.6 Å². The SMILES string of the molecule is COc1ccc(NCCNC(=O)C(CNC(=O)c2ccc(C(F)(F)F)cc2F)C2CCCCC2)cc1. The largest absolute Gasteiger partial charge is 0.497 e. The fourth-order valence-corrected chi connectivity index (χ4v) is 4.42. The van der Waals surface area contributed by atoms with Crippen molar-refractivity contribution >= 4 is 17.5 Å². The summed E-state index contributed by atoms with van der Waals surface area (Å²) in [6, 6.07) is 9.15. The van der Waals surface area contributed by atoms with Gasteiger partial charge in [-0.05, 0) is 61.2 Å². The molecule has 36 heavy (non-hydrogen) atoms. The number of methoxy groups -OCH3 is 1. The van der Waals surface area contributed by atoms with Crippen molar-refractivity contribution in [2.45, 2.75) is 38.3 Å². The molecule has 2 amide bonds. The van der Waals surface area contributed by atoms with E-state index in [1.165, 1.54) is 0 Å². The molecule has 0 aromatic heterocycles. The fraction of sp³-hybridized carbons (Fsp3) is 0.462. The molecule has 0 radical (unpaired) electrons. The predicted octanol–water partition coefficient (Wildman–Crippen LogP) is 5.01. The van der Waals surface area contributed by atoms with E-state index in [4.69, 9.17) is 4.74 Å². The third kappa shape index (κ3) is 7.60. The minimum Gasteiger partial charge on any atom is -0.497 e. The van der Waals surface area contributed by atoms with Crippen molar-refractivity contribution < 1.29 is 31.9 Å². The first-order valence-corrected chi connectivity index (χ1v) is 12.0. The average molecular weight is 510 g/mol. The summed E-state index contributed by atoms with van der Waals surface area (Å²) in [7, 11) is 1.59. The molecule has 1 saturated carbocycles. The molecule has 1 aliphatic carbocycles. The van der Waals surface area contributed by atoms with Crippen LogP contribution in [0.2, 0.25) is 0 Å². The van der Waals surface area contributed by atoms with Crippen LogP contribution in [0.5, 0.6) is 5.75 Å². The molecule has 0 aliphatic heterocycles. The number of carbonyl (C=O) groups is 2. The van der Waals surface area contributed by atoms with Crippen LogP contribution in [0.15, 0.2) is 42.5 Å².